The number of fused-ring (bicyclic) bond motifs is 1. The van der Waals surface area contributed by atoms with Gasteiger partial charge in [-0.05, 0) is 18.2 Å². The van der Waals surface area contributed by atoms with Crippen molar-refractivity contribution in [3.8, 4) is 0 Å². The Morgan fingerprint density at radius 2 is 2.35 bits per heavy atom. The third-order valence-electron chi connectivity index (χ3n) is 2.36. The minimum atomic E-state index is -0.149. The lowest BCUT2D eigenvalue weighted by Crippen LogP contribution is -2.26. The van der Waals surface area contributed by atoms with Crippen molar-refractivity contribution < 1.29 is 0 Å². The molecule has 0 bridgehead atoms. The summed E-state index contributed by atoms with van der Waals surface area (Å²) in [5, 5.41) is 0.542. The summed E-state index contributed by atoms with van der Waals surface area (Å²) in [6.45, 7) is 3.96. The largest absolute Gasteiger partial charge is 0.294 e. The van der Waals surface area contributed by atoms with Gasteiger partial charge in [-0.15, -0.1) is 6.58 Å². The van der Waals surface area contributed by atoms with Crippen molar-refractivity contribution in [2.75, 3.05) is 5.43 Å². The summed E-state index contributed by atoms with van der Waals surface area (Å²) in [7, 11) is 0. The predicted molar refractivity (Wildman–Crippen MR) is 71.7 cm³/mol. The number of nitrogens with two attached hydrogens (primary N) is 1. The fraction of sp³-hybridized carbons (Fsp3) is 0.0909. The van der Waals surface area contributed by atoms with Crippen molar-refractivity contribution in [3.63, 3.8) is 0 Å². The first-order valence-corrected chi connectivity index (χ1v) is 5.74. The molecule has 0 radical (unpaired) electrons. The summed E-state index contributed by atoms with van der Waals surface area (Å²) in [6.07, 6.45) is 1.62. The van der Waals surface area contributed by atoms with Crippen LogP contribution in [0, 0.1) is 0 Å². The summed E-state index contributed by atoms with van der Waals surface area (Å²) in [5.41, 5.74) is 2.87. The first kappa shape index (κ1) is 11.8. The number of anilines is 1. The highest BCUT2D eigenvalue weighted by atomic mass is 79.9. The van der Waals surface area contributed by atoms with E-state index in [9.17, 15) is 4.79 Å². The van der Waals surface area contributed by atoms with Crippen LogP contribution in [-0.2, 0) is 6.54 Å². The van der Waals surface area contributed by atoms with Gasteiger partial charge in [0.2, 0.25) is 5.95 Å². The topological polar surface area (TPSA) is 72.9 Å². The molecular formula is C11H11BrN4O. The molecule has 0 aliphatic carbocycles. The zero-order valence-corrected chi connectivity index (χ0v) is 10.6. The molecule has 0 aliphatic rings. The number of hydrogen-bond donors (Lipinski definition) is 2. The van der Waals surface area contributed by atoms with Gasteiger partial charge in [-0.25, -0.2) is 10.8 Å². The maximum Gasteiger partial charge on any atom is 0.263 e. The van der Waals surface area contributed by atoms with Crippen molar-refractivity contribution >= 4 is 32.8 Å². The molecule has 0 fully saturated rings. The van der Waals surface area contributed by atoms with Crippen LogP contribution in [0.15, 0.2) is 40.1 Å². The van der Waals surface area contributed by atoms with Crippen molar-refractivity contribution in [1.29, 1.82) is 0 Å². The fourth-order valence-electron chi connectivity index (χ4n) is 1.60. The van der Waals surface area contributed by atoms with Crippen LogP contribution in [-0.4, -0.2) is 9.55 Å². The average Bonchev–Trinajstić information content (AvgIpc) is 2.33. The van der Waals surface area contributed by atoms with Crippen LogP contribution >= 0.6 is 15.9 Å². The minimum Gasteiger partial charge on any atom is -0.294 e. The minimum absolute atomic E-state index is 0.149. The van der Waals surface area contributed by atoms with Gasteiger partial charge >= 0.3 is 0 Å². The van der Waals surface area contributed by atoms with Crippen molar-refractivity contribution in [1.82, 2.24) is 9.55 Å². The third-order valence-corrected chi connectivity index (χ3v) is 2.85. The lowest BCUT2D eigenvalue weighted by Gasteiger charge is -2.10. The van der Waals surface area contributed by atoms with Gasteiger partial charge < -0.3 is 0 Å². The highest BCUT2D eigenvalue weighted by molar-refractivity contribution is 9.10. The van der Waals surface area contributed by atoms with Gasteiger partial charge in [0.1, 0.15) is 0 Å². The molecule has 6 heteroatoms. The van der Waals surface area contributed by atoms with Crippen LogP contribution in [0.3, 0.4) is 0 Å². The molecular weight excluding hydrogens is 284 g/mol. The van der Waals surface area contributed by atoms with Crippen molar-refractivity contribution in [3.05, 3.63) is 45.7 Å². The number of hydrogen-bond acceptors (Lipinski definition) is 4. The molecule has 3 N–H and O–H groups in total. The van der Waals surface area contributed by atoms with E-state index in [4.69, 9.17) is 5.84 Å². The number of aromatic nitrogens is 2. The molecule has 2 rings (SSSR count). The molecule has 0 spiro atoms. The predicted octanol–water partition coefficient (Wildman–Crippen LogP) is 1.63. The number of nitrogens with zero attached hydrogens (tertiary/aromatic N) is 2. The van der Waals surface area contributed by atoms with E-state index in [0.29, 0.717) is 23.4 Å². The Hall–Kier alpha value is -1.66. The zero-order valence-electron chi connectivity index (χ0n) is 8.98. The van der Waals surface area contributed by atoms with Gasteiger partial charge in [0, 0.05) is 11.0 Å². The van der Waals surface area contributed by atoms with Gasteiger partial charge in [0.25, 0.3) is 5.56 Å². The lowest BCUT2D eigenvalue weighted by molar-refractivity contribution is 0.773. The fourth-order valence-corrected chi connectivity index (χ4v) is 1.96. The Kier molecular flexibility index (Phi) is 3.26. The molecule has 1 aromatic heterocycles. The summed E-state index contributed by atoms with van der Waals surface area (Å²) in [5.74, 6) is 5.68. The van der Waals surface area contributed by atoms with Crippen molar-refractivity contribution in [2.24, 2.45) is 5.84 Å². The second-order valence-electron chi connectivity index (χ2n) is 3.45. The molecule has 0 atom stereocenters. The van der Waals surface area contributed by atoms with E-state index in [1.807, 2.05) is 6.07 Å². The van der Waals surface area contributed by atoms with E-state index in [-0.39, 0.29) is 5.56 Å². The standard InChI is InChI=1S/C11H11BrN4O/c1-2-5-16-10(17)8-6-7(12)3-4-9(8)14-11(16)15-13/h2-4,6H,1,5,13H2,(H,14,15). The number of rotatable bonds is 3. The van der Waals surface area contributed by atoms with E-state index < -0.39 is 0 Å². The first-order valence-electron chi connectivity index (χ1n) is 4.95. The van der Waals surface area contributed by atoms with E-state index in [0.717, 1.165) is 4.47 Å². The van der Waals surface area contributed by atoms with E-state index >= 15 is 0 Å². The van der Waals surface area contributed by atoms with Gasteiger partial charge in [0.05, 0.1) is 10.9 Å². The quantitative estimate of drug-likeness (QED) is 0.513. The molecule has 2 aromatic rings. The Morgan fingerprint density at radius 1 is 1.59 bits per heavy atom. The summed E-state index contributed by atoms with van der Waals surface area (Å²) in [4.78, 5) is 16.5. The summed E-state index contributed by atoms with van der Waals surface area (Å²) in [6, 6.07) is 5.33. The highest BCUT2D eigenvalue weighted by Gasteiger charge is 2.09. The normalized spacial score (nSPS) is 10.5. The molecule has 17 heavy (non-hydrogen) atoms. The molecule has 1 aromatic carbocycles. The molecule has 0 saturated carbocycles. The number of allylic oxidation sites excluding steroid dienone is 1. The third kappa shape index (κ3) is 2.09. The lowest BCUT2D eigenvalue weighted by atomic mass is 10.2. The van der Waals surface area contributed by atoms with E-state index in [1.54, 1.807) is 18.2 Å². The van der Waals surface area contributed by atoms with Crippen LogP contribution < -0.4 is 16.8 Å². The van der Waals surface area contributed by atoms with E-state index in [2.05, 4.69) is 32.9 Å². The first-order chi connectivity index (χ1) is 8.17. The van der Waals surface area contributed by atoms with Crippen LogP contribution in [0.4, 0.5) is 5.95 Å². The summed E-state index contributed by atoms with van der Waals surface area (Å²) >= 11 is 3.33. The maximum absolute atomic E-state index is 12.2. The van der Waals surface area contributed by atoms with Crippen LogP contribution in [0.1, 0.15) is 0 Å². The zero-order chi connectivity index (χ0) is 12.4. The molecule has 0 unspecified atom stereocenters. The number of hydrazine groups is 1. The Balaban J connectivity index is 2.83. The number of benzene rings is 1. The molecule has 0 amide bonds. The van der Waals surface area contributed by atoms with Crippen LogP contribution in [0.2, 0.25) is 0 Å². The smallest absolute Gasteiger partial charge is 0.263 e. The average molecular weight is 295 g/mol. The Bertz CT molecular complexity index is 635. The second-order valence-corrected chi connectivity index (χ2v) is 4.36. The van der Waals surface area contributed by atoms with Crippen LogP contribution in [0.25, 0.3) is 10.9 Å². The van der Waals surface area contributed by atoms with Gasteiger partial charge in [-0.2, -0.15) is 0 Å². The Labute approximate surface area is 106 Å². The number of nitrogens with one attached hydrogen (secondary N) is 1. The van der Waals surface area contributed by atoms with E-state index in [1.165, 1.54) is 4.57 Å². The molecule has 0 saturated heterocycles. The van der Waals surface area contributed by atoms with Crippen molar-refractivity contribution in [2.45, 2.75) is 6.54 Å². The van der Waals surface area contributed by atoms with Gasteiger partial charge in [0.15, 0.2) is 0 Å². The summed E-state index contributed by atoms with van der Waals surface area (Å²) < 4.78 is 2.27. The molecule has 0 aliphatic heterocycles. The van der Waals surface area contributed by atoms with Gasteiger partial charge in [-0.1, -0.05) is 22.0 Å². The SMILES string of the molecule is C=CCn1c(NN)nc2ccc(Br)cc2c1=O. The molecule has 88 valence electrons. The number of nitrogen functional groups attached to an aromatic ring is 1. The maximum atomic E-state index is 12.2. The number of halogens is 1. The highest BCUT2D eigenvalue weighted by Crippen LogP contribution is 2.16. The van der Waals surface area contributed by atoms with Gasteiger partial charge in [-0.3, -0.25) is 14.8 Å². The molecule has 1 heterocycles. The van der Waals surface area contributed by atoms with Crippen LogP contribution in [0.5, 0.6) is 0 Å². The Morgan fingerprint density at radius 3 is 3.00 bits per heavy atom. The second kappa shape index (κ2) is 4.68. The molecule has 5 nitrogen and oxygen atoms in total. The monoisotopic (exact) mass is 294 g/mol.